The Morgan fingerprint density at radius 3 is 2.55 bits per heavy atom. The van der Waals surface area contributed by atoms with Crippen LogP contribution >= 0.6 is 0 Å². The second kappa shape index (κ2) is 7.74. The van der Waals surface area contributed by atoms with Crippen LogP contribution in [0.1, 0.15) is 17.4 Å². The minimum atomic E-state index is -0.204. The Hall–Kier alpha value is -2.15. The minimum Gasteiger partial charge on any atom is -0.383 e. The van der Waals surface area contributed by atoms with E-state index >= 15 is 0 Å². The van der Waals surface area contributed by atoms with Crippen molar-refractivity contribution in [3.63, 3.8) is 0 Å². The molecule has 1 N–H and O–H groups in total. The third-order valence-electron chi connectivity index (χ3n) is 3.66. The van der Waals surface area contributed by atoms with E-state index in [-0.39, 0.29) is 11.8 Å². The van der Waals surface area contributed by atoms with Gasteiger partial charge in [-0.2, -0.15) is 0 Å². The first-order valence-electron chi connectivity index (χ1n) is 7.35. The molecule has 0 bridgehead atoms. The third kappa shape index (κ3) is 4.17. The molecule has 0 aromatic carbocycles. The number of aromatic nitrogens is 1. The van der Waals surface area contributed by atoms with Crippen molar-refractivity contribution >= 4 is 17.5 Å². The van der Waals surface area contributed by atoms with E-state index in [9.17, 15) is 9.59 Å². The second-order valence-corrected chi connectivity index (χ2v) is 5.14. The third-order valence-corrected chi connectivity index (χ3v) is 3.66. The summed E-state index contributed by atoms with van der Waals surface area (Å²) < 4.78 is 4.88. The monoisotopic (exact) mass is 306 g/mol. The molecule has 0 atom stereocenters. The maximum Gasteiger partial charge on any atom is 0.269 e. The average molecular weight is 306 g/mol. The van der Waals surface area contributed by atoms with Crippen molar-refractivity contribution in [2.24, 2.45) is 0 Å². The number of amides is 2. The first-order chi connectivity index (χ1) is 10.6. The Labute approximate surface area is 130 Å². The van der Waals surface area contributed by atoms with E-state index in [1.807, 2.05) is 11.0 Å². The summed E-state index contributed by atoms with van der Waals surface area (Å²) in [5.41, 5.74) is 1.36. The van der Waals surface area contributed by atoms with Crippen LogP contribution in [-0.2, 0) is 9.53 Å². The predicted molar refractivity (Wildman–Crippen MR) is 82.9 cm³/mol. The molecule has 2 heterocycles. The van der Waals surface area contributed by atoms with E-state index in [0.717, 1.165) is 18.8 Å². The molecule has 22 heavy (non-hydrogen) atoms. The first kappa shape index (κ1) is 16.2. The SMILES string of the molecule is COCCNC(=O)c1ccc(N2CCN(C(C)=O)CC2)cn1. The van der Waals surface area contributed by atoms with Crippen LogP contribution in [0.15, 0.2) is 18.3 Å². The Morgan fingerprint density at radius 1 is 1.27 bits per heavy atom. The Balaban J connectivity index is 1.89. The molecule has 1 aliphatic heterocycles. The van der Waals surface area contributed by atoms with Gasteiger partial charge in [0.15, 0.2) is 0 Å². The van der Waals surface area contributed by atoms with Crippen LogP contribution in [0.25, 0.3) is 0 Å². The zero-order valence-electron chi connectivity index (χ0n) is 13.0. The van der Waals surface area contributed by atoms with Gasteiger partial charge >= 0.3 is 0 Å². The van der Waals surface area contributed by atoms with Crippen LogP contribution in [0.2, 0.25) is 0 Å². The fourth-order valence-electron chi connectivity index (χ4n) is 2.34. The van der Waals surface area contributed by atoms with Gasteiger partial charge in [-0.05, 0) is 12.1 Å². The Bertz CT molecular complexity index is 510. The molecule has 1 aliphatic rings. The van der Waals surface area contributed by atoms with E-state index < -0.39 is 0 Å². The molecule has 2 amide bonds. The quantitative estimate of drug-likeness (QED) is 0.783. The highest BCUT2D eigenvalue weighted by Crippen LogP contribution is 2.15. The molecule has 1 aromatic heterocycles. The van der Waals surface area contributed by atoms with E-state index in [1.54, 1.807) is 26.3 Å². The number of rotatable bonds is 5. The lowest BCUT2D eigenvalue weighted by atomic mass is 10.2. The van der Waals surface area contributed by atoms with Crippen LogP contribution in [0.5, 0.6) is 0 Å². The van der Waals surface area contributed by atoms with Crippen molar-refractivity contribution < 1.29 is 14.3 Å². The number of piperazine rings is 1. The number of nitrogens with zero attached hydrogens (tertiary/aromatic N) is 3. The molecule has 0 saturated carbocycles. The van der Waals surface area contributed by atoms with Gasteiger partial charge < -0.3 is 19.9 Å². The van der Waals surface area contributed by atoms with Gasteiger partial charge in [-0.3, -0.25) is 9.59 Å². The number of carbonyl (C=O) groups is 2. The number of nitrogens with one attached hydrogen (secondary N) is 1. The highest BCUT2D eigenvalue weighted by atomic mass is 16.5. The largest absolute Gasteiger partial charge is 0.383 e. The van der Waals surface area contributed by atoms with Crippen LogP contribution in [0.3, 0.4) is 0 Å². The van der Waals surface area contributed by atoms with Gasteiger partial charge in [0.25, 0.3) is 5.91 Å². The van der Waals surface area contributed by atoms with Gasteiger partial charge in [0.1, 0.15) is 5.69 Å². The highest BCUT2D eigenvalue weighted by Gasteiger charge is 2.19. The summed E-state index contributed by atoms with van der Waals surface area (Å²) in [6.07, 6.45) is 1.70. The van der Waals surface area contributed by atoms with Gasteiger partial charge in [-0.15, -0.1) is 0 Å². The van der Waals surface area contributed by atoms with E-state index in [4.69, 9.17) is 4.74 Å². The number of methoxy groups -OCH3 is 1. The number of anilines is 1. The lowest BCUT2D eigenvalue weighted by Gasteiger charge is -2.35. The van der Waals surface area contributed by atoms with Crippen LogP contribution in [0.4, 0.5) is 5.69 Å². The van der Waals surface area contributed by atoms with Gasteiger partial charge in [0.2, 0.25) is 5.91 Å². The van der Waals surface area contributed by atoms with Crippen molar-refractivity contribution in [3.8, 4) is 0 Å². The number of ether oxygens (including phenoxy) is 1. The summed E-state index contributed by atoms with van der Waals surface area (Å²) in [7, 11) is 1.59. The smallest absolute Gasteiger partial charge is 0.269 e. The lowest BCUT2D eigenvalue weighted by molar-refractivity contribution is -0.129. The summed E-state index contributed by atoms with van der Waals surface area (Å²) in [5, 5.41) is 2.73. The molecule has 0 aliphatic carbocycles. The molecule has 120 valence electrons. The molecule has 7 heteroatoms. The maximum atomic E-state index is 11.8. The molecular weight excluding hydrogens is 284 g/mol. The highest BCUT2D eigenvalue weighted by molar-refractivity contribution is 5.92. The molecule has 1 fully saturated rings. The van der Waals surface area contributed by atoms with Crippen LogP contribution in [-0.4, -0.2) is 68.1 Å². The maximum absolute atomic E-state index is 11.8. The first-order valence-corrected chi connectivity index (χ1v) is 7.35. The number of carbonyl (C=O) groups excluding carboxylic acids is 2. The zero-order chi connectivity index (χ0) is 15.9. The topological polar surface area (TPSA) is 74.8 Å². The Kier molecular flexibility index (Phi) is 5.71. The summed E-state index contributed by atoms with van der Waals surface area (Å²) in [5.74, 6) is -0.0918. The summed E-state index contributed by atoms with van der Waals surface area (Å²) in [6, 6.07) is 3.61. The predicted octanol–water partition coefficient (Wildman–Crippen LogP) is 0.126. The van der Waals surface area contributed by atoms with Crippen LogP contribution in [0, 0.1) is 0 Å². The van der Waals surface area contributed by atoms with Crippen molar-refractivity contribution in [2.45, 2.75) is 6.92 Å². The van der Waals surface area contributed by atoms with Crippen molar-refractivity contribution in [3.05, 3.63) is 24.0 Å². The zero-order valence-corrected chi connectivity index (χ0v) is 13.0. The Morgan fingerprint density at radius 2 is 2.00 bits per heavy atom. The van der Waals surface area contributed by atoms with Gasteiger partial charge in [-0.1, -0.05) is 0 Å². The molecule has 0 radical (unpaired) electrons. The summed E-state index contributed by atoms with van der Waals surface area (Å²) >= 11 is 0. The lowest BCUT2D eigenvalue weighted by Crippen LogP contribution is -2.48. The normalized spacial score (nSPS) is 14.8. The molecule has 1 aromatic rings. The van der Waals surface area contributed by atoms with Gasteiger partial charge in [-0.25, -0.2) is 4.98 Å². The van der Waals surface area contributed by atoms with Gasteiger partial charge in [0.05, 0.1) is 18.5 Å². The van der Waals surface area contributed by atoms with E-state index in [1.165, 1.54) is 0 Å². The average Bonchev–Trinajstić information content (AvgIpc) is 2.55. The molecule has 0 unspecified atom stereocenters. The molecular formula is C15H22N4O3. The van der Waals surface area contributed by atoms with E-state index in [2.05, 4.69) is 15.2 Å². The van der Waals surface area contributed by atoms with Crippen molar-refractivity contribution in [1.29, 1.82) is 0 Å². The fourth-order valence-corrected chi connectivity index (χ4v) is 2.34. The molecule has 2 rings (SSSR count). The summed E-state index contributed by atoms with van der Waals surface area (Å²) in [6.45, 7) is 5.52. The van der Waals surface area contributed by atoms with Crippen LogP contribution < -0.4 is 10.2 Å². The number of pyridine rings is 1. The van der Waals surface area contributed by atoms with E-state index in [0.29, 0.717) is 31.9 Å². The van der Waals surface area contributed by atoms with Crippen molar-refractivity contribution in [2.75, 3.05) is 51.3 Å². The minimum absolute atomic E-state index is 0.112. The van der Waals surface area contributed by atoms with Crippen molar-refractivity contribution in [1.82, 2.24) is 15.2 Å². The number of hydrogen-bond donors (Lipinski definition) is 1. The molecule has 0 spiro atoms. The molecule has 7 nitrogen and oxygen atoms in total. The van der Waals surface area contributed by atoms with Gasteiger partial charge in [0, 0.05) is 46.8 Å². The second-order valence-electron chi connectivity index (χ2n) is 5.14. The molecule has 1 saturated heterocycles. The summed E-state index contributed by atoms with van der Waals surface area (Å²) in [4.78, 5) is 31.4. The standard InChI is InChI=1S/C15H22N4O3/c1-12(20)18-6-8-19(9-7-18)13-3-4-14(17-11-13)15(21)16-5-10-22-2/h3-4,11H,5-10H2,1-2H3,(H,16,21). The fraction of sp³-hybridized carbons (Fsp3) is 0.533. The number of hydrogen-bond acceptors (Lipinski definition) is 5.